The van der Waals surface area contributed by atoms with Gasteiger partial charge in [-0.25, -0.2) is 8.42 Å². The molecular formula is C18H19ClN2O3S. The van der Waals surface area contributed by atoms with Gasteiger partial charge in [0.25, 0.3) is 0 Å². The first-order chi connectivity index (χ1) is 11.8. The van der Waals surface area contributed by atoms with Crippen molar-refractivity contribution < 1.29 is 13.2 Å². The third-order valence-corrected chi connectivity index (χ3v) is 6.57. The van der Waals surface area contributed by atoms with Crippen LogP contribution in [0.15, 0.2) is 53.4 Å². The lowest BCUT2D eigenvalue weighted by atomic mass is 10.1. The Balaban J connectivity index is 1.87. The van der Waals surface area contributed by atoms with E-state index in [0.29, 0.717) is 11.6 Å². The number of amides is 1. The van der Waals surface area contributed by atoms with Crippen molar-refractivity contribution in [1.82, 2.24) is 4.31 Å². The molecule has 0 radical (unpaired) electrons. The summed E-state index contributed by atoms with van der Waals surface area (Å²) in [7, 11) is -3.75. The highest BCUT2D eigenvalue weighted by Crippen LogP contribution is 2.26. The fraction of sp³-hybridized carbons (Fsp3) is 0.278. The van der Waals surface area contributed by atoms with Gasteiger partial charge in [0.15, 0.2) is 0 Å². The Kier molecular flexibility index (Phi) is 4.86. The Hall–Kier alpha value is -1.89. The molecular weight excluding hydrogens is 360 g/mol. The minimum atomic E-state index is -3.75. The predicted molar refractivity (Wildman–Crippen MR) is 98.3 cm³/mol. The average Bonchev–Trinajstić information content (AvgIpc) is 2.57. The molecule has 0 saturated carbocycles. The van der Waals surface area contributed by atoms with Crippen molar-refractivity contribution in [2.45, 2.75) is 24.8 Å². The van der Waals surface area contributed by atoms with Crippen molar-refractivity contribution in [2.24, 2.45) is 0 Å². The summed E-state index contributed by atoms with van der Waals surface area (Å²) in [6, 6.07) is 12.8. The highest BCUT2D eigenvalue weighted by atomic mass is 35.5. The highest BCUT2D eigenvalue weighted by Gasteiger charge is 2.39. The number of nitrogens with zero attached hydrogens (tertiary/aromatic N) is 2. The molecule has 1 aliphatic heterocycles. The number of benzene rings is 2. The van der Waals surface area contributed by atoms with E-state index >= 15 is 0 Å². The molecule has 2 aromatic carbocycles. The Labute approximate surface area is 152 Å². The number of hydrogen-bond donors (Lipinski definition) is 0. The van der Waals surface area contributed by atoms with E-state index in [-0.39, 0.29) is 17.3 Å². The first kappa shape index (κ1) is 17.9. The largest absolute Gasteiger partial charge is 0.310 e. The zero-order valence-corrected chi connectivity index (χ0v) is 15.6. The lowest BCUT2D eigenvalue weighted by Crippen LogP contribution is -2.57. The molecule has 0 aliphatic carbocycles. The number of carbonyl (C=O) groups is 1. The zero-order valence-electron chi connectivity index (χ0n) is 14.0. The molecule has 1 atom stereocenters. The van der Waals surface area contributed by atoms with Crippen LogP contribution in [0.25, 0.3) is 0 Å². The molecule has 3 rings (SSSR count). The van der Waals surface area contributed by atoms with E-state index in [1.165, 1.54) is 28.6 Å². The van der Waals surface area contributed by atoms with Crippen LogP contribution < -0.4 is 4.90 Å². The maximum atomic E-state index is 12.9. The van der Waals surface area contributed by atoms with E-state index < -0.39 is 16.1 Å². The summed E-state index contributed by atoms with van der Waals surface area (Å²) in [6.07, 6.45) is 0. The second-order valence-corrected chi connectivity index (χ2v) is 8.40. The molecule has 25 heavy (non-hydrogen) atoms. The lowest BCUT2D eigenvalue weighted by Gasteiger charge is -2.38. The molecule has 1 heterocycles. The molecule has 0 spiro atoms. The van der Waals surface area contributed by atoms with Crippen molar-refractivity contribution in [3.8, 4) is 0 Å². The van der Waals surface area contributed by atoms with Gasteiger partial charge in [0, 0.05) is 23.8 Å². The Bertz CT molecular complexity index is 897. The Morgan fingerprint density at radius 2 is 1.76 bits per heavy atom. The third-order valence-electron chi connectivity index (χ3n) is 4.33. The second-order valence-electron chi connectivity index (χ2n) is 6.07. The summed E-state index contributed by atoms with van der Waals surface area (Å²) in [5.41, 5.74) is 1.84. The minimum Gasteiger partial charge on any atom is -0.310 e. The number of anilines is 1. The van der Waals surface area contributed by atoms with Gasteiger partial charge in [-0.2, -0.15) is 4.31 Å². The number of rotatable bonds is 3. The van der Waals surface area contributed by atoms with E-state index in [1.807, 2.05) is 31.2 Å². The monoisotopic (exact) mass is 378 g/mol. The van der Waals surface area contributed by atoms with Gasteiger partial charge < -0.3 is 4.90 Å². The number of carbonyl (C=O) groups excluding carboxylic acids is 1. The van der Waals surface area contributed by atoms with Crippen LogP contribution in [-0.2, 0) is 14.8 Å². The summed E-state index contributed by atoms with van der Waals surface area (Å²) in [4.78, 5) is 14.6. The predicted octanol–water partition coefficient (Wildman–Crippen LogP) is 3.07. The number of aryl methyl sites for hydroxylation is 1. The SMILES string of the molecule is Cc1cccc(N2CCN(S(=O)(=O)c3ccc(Cl)cc3)[C@H](C)C2=O)c1. The van der Waals surface area contributed by atoms with Gasteiger partial charge in [-0.1, -0.05) is 23.7 Å². The molecule has 1 saturated heterocycles. The summed E-state index contributed by atoms with van der Waals surface area (Å²) >= 11 is 5.83. The van der Waals surface area contributed by atoms with Crippen LogP contribution >= 0.6 is 11.6 Å². The van der Waals surface area contributed by atoms with Gasteiger partial charge in [-0.05, 0) is 55.8 Å². The number of piperazine rings is 1. The lowest BCUT2D eigenvalue weighted by molar-refractivity contribution is -0.123. The van der Waals surface area contributed by atoms with E-state index in [4.69, 9.17) is 11.6 Å². The van der Waals surface area contributed by atoms with Crippen molar-refractivity contribution in [3.63, 3.8) is 0 Å². The summed E-state index contributed by atoms with van der Waals surface area (Å²) in [5, 5.41) is 0.465. The maximum Gasteiger partial charge on any atom is 0.245 e. The first-order valence-electron chi connectivity index (χ1n) is 7.96. The molecule has 1 aliphatic rings. The van der Waals surface area contributed by atoms with Crippen molar-refractivity contribution in [2.75, 3.05) is 18.0 Å². The maximum absolute atomic E-state index is 12.9. The summed E-state index contributed by atoms with van der Waals surface area (Å²) in [6.45, 7) is 4.14. The standard InChI is InChI=1S/C18H19ClN2O3S/c1-13-4-3-5-16(12-13)20-10-11-21(14(2)18(20)22)25(23,24)17-8-6-15(19)7-9-17/h3-9,12,14H,10-11H2,1-2H3/t14-/m1/s1. The fourth-order valence-electron chi connectivity index (χ4n) is 2.97. The van der Waals surface area contributed by atoms with Crippen LogP contribution in [0.2, 0.25) is 5.02 Å². The second kappa shape index (κ2) is 6.78. The molecule has 132 valence electrons. The van der Waals surface area contributed by atoms with E-state index in [2.05, 4.69) is 0 Å². The molecule has 5 nitrogen and oxygen atoms in total. The van der Waals surface area contributed by atoms with Crippen molar-refractivity contribution in [1.29, 1.82) is 0 Å². The van der Waals surface area contributed by atoms with Gasteiger partial charge in [0.1, 0.15) is 6.04 Å². The molecule has 0 N–H and O–H groups in total. The van der Waals surface area contributed by atoms with Crippen LogP contribution in [0.5, 0.6) is 0 Å². The quantitative estimate of drug-likeness (QED) is 0.824. The highest BCUT2D eigenvalue weighted by molar-refractivity contribution is 7.89. The van der Waals surface area contributed by atoms with E-state index in [0.717, 1.165) is 11.3 Å². The zero-order chi connectivity index (χ0) is 18.2. The van der Waals surface area contributed by atoms with Crippen LogP contribution in [0, 0.1) is 6.92 Å². The molecule has 2 aromatic rings. The third kappa shape index (κ3) is 3.42. The van der Waals surface area contributed by atoms with E-state index in [1.54, 1.807) is 11.8 Å². The topological polar surface area (TPSA) is 57.7 Å². The minimum absolute atomic E-state index is 0.139. The molecule has 0 unspecified atom stereocenters. The van der Waals surface area contributed by atoms with Crippen LogP contribution in [0.1, 0.15) is 12.5 Å². The average molecular weight is 379 g/mol. The van der Waals surface area contributed by atoms with Crippen molar-refractivity contribution in [3.05, 3.63) is 59.1 Å². The normalized spacial score (nSPS) is 19.2. The van der Waals surface area contributed by atoms with Crippen LogP contribution in [0.3, 0.4) is 0 Å². The number of sulfonamides is 1. The van der Waals surface area contributed by atoms with Gasteiger partial charge >= 0.3 is 0 Å². The van der Waals surface area contributed by atoms with Gasteiger partial charge in [-0.3, -0.25) is 4.79 Å². The van der Waals surface area contributed by atoms with Crippen molar-refractivity contribution >= 4 is 33.2 Å². The summed E-state index contributed by atoms with van der Waals surface area (Å²) < 4.78 is 27.0. The first-order valence-corrected chi connectivity index (χ1v) is 9.78. The molecule has 1 amide bonds. The van der Waals surface area contributed by atoms with Crippen LogP contribution in [0.4, 0.5) is 5.69 Å². The molecule has 1 fully saturated rings. The molecule has 7 heteroatoms. The summed E-state index contributed by atoms with van der Waals surface area (Å²) in [5.74, 6) is -0.227. The number of hydrogen-bond acceptors (Lipinski definition) is 3. The van der Waals surface area contributed by atoms with Gasteiger partial charge in [-0.15, -0.1) is 0 Å². The molecule has 0 bridgehead atoms. The Morgan fingerprint density at radius 1 is 1.08 bits per heavy atom. The van der Waals surface area contributed by atoms with Crippen LogP contribution in [-0.4, -0.2) is 37.8 Å². The Morgan fingerprint density at radius 3 is 2.40 bits per heavy atom. The van der Waals surface area contributed by atoms with Gasteiger partial charge in [0.2, 0.25) is 15.9 Å². The van der Waals surface area contributed by atoms with Gasteiger partial charge in [0.05, 0.1) is 4.90 Å². The smallest absolute Gasteiger partial charge is 0.245 e. The fourth-order valence-corrected chi connectivity index (χ4v) is 4.68. The molecule has 0 aromatic heterocycles. The van der Waals surface area contributed by atoms with E-state index in [9.17, 15) is 13.2 Å². The number of halogens is 1.